The smallest absolute Gasteiger partial charge is 0.124 e. The zero-order valence-electron chi connectivity index (χ0n) is 17.8. The van der Waals surface area contributed by atoms with Crippen molar-refractivity contribution in [3.63, 3.8) is 0 Å². The first kappa shape index (κ1) is 2.95. The lowest BCUT2D eigenvalue weighted by Gasteiger charge is -2.04. The van der Waals surface area contributed by atoms with Crippen molar-refractivity contribution in [1.82, 2.24) is 9.55 Å². The van der Waals surface area contributed by atoms with Crippen molar-refractivity contribution >= 4 is 15.9 Å². The van der Waals surface area contributed by atoms with E-state index in [0.29, 0.717) is 4.57 Å². The lowest BCUT2D eigenvalue weighted by atomic mass is 10.2. The van der Waals surface area contributed by atoms with Crippen LogP contribution in [0.3, 0.4) is 0 Å². The van der Waals surface area contributed by atoms with Crippen LogP contribution in [0, 0.1) is 13.7 Å². The highest BCUT2D eigenvalue weighted by Gasteiger charge is 2.02. The van der Waals surface area contributed by atoms with Gasteiger partial charge in [-0.15, -0.1) is 0 Å². The van der Waals surface area contributed by atoms with Crippen LogP contribution in [0.5, 0.6) is 0 Å². The van der Waals surface area contributed by atoms with Gasteiger partial charge in [-0.2, -0.15) is 0 Å². The summed E-state index contributed by atoms with van der Waals surface area (Å²) in [7, 11) is 0. The first-order chi connectivity index (χ1) is 11.2. The van der Waals surface area contributed by atoms with Gasteiger partial charge in [0, 0.05) is 20.1 Å². The number of halogens is 1. The number of aromatic nitrogens is 2. The van der Waals surface area contributed by atoms with Gasteiger partial charge in [0.25, 0.3) is 0 Å². The molecule has 72 valence electrons. The topological polar surface area (TPSA) is 17.8 Å². The third-order valence-electron chi connectivity index (χ3n) is 1.46. The van der Waals surface area contributed by atoms with Gasteiger partial charge in [0.1, 0.15) is 10.4 Å². The van der Waals surface area contributed by atoms with Gasteiger partial charge in [0.05, 0.1) is 6.85 Å². The zero-order valence-corrected chi connectivity index (χ0v) is 8.36. The summed E-state index contributed by atoms with van der Waals surface area (Å²) in [5.74, 6) is -0.633. The lowest BCUT2D eigenvalue weighted by Crippen LogP contribution is -1.94. The second-order valence-corrected chi connectivity index (χ2v) is 3.15. The van der Waals surface area contributed by atoms with Gasteiger partial charge in [-0.05, 0) is 41.7 Å². The Kier molecular flexibility index (Phi) is 0.754. The Bertz CT molecular complexity index is 820. The van der Waals surface area contributed by atoms with Crippen molar-refractivity contribution in [3.05, 3.63) is 46.3 Å². The van der Waals surface area contributed by atoms with E-state index in [1.807, 2.05) is 0 Å². The molecule has 2 aromatic rings. The maximum Gasteiger partial charge on any atom is 0.124 e. The Morgan fingerprint density at radius 3 is 2.79 bits per heavy atom. The molecule has 1 aromatic heterocycles. The Hall–Kier alpha value is -1.09. The van der Waals surface area contributed by atoms with E-state index in [1.165, 1.54) is 0 Å². The van der Waals surface area contributed by atoms with Crippen LogP contribution in [0.25, 0.3) is 5.69 Å². The van der Waals surface area contributed by atoms with Crippen LogP contribution >= 0.6 is 15.9 Å². The summed E-state index contributed by atoms with van der Waals surface area (Å²) in [6.45, 7) is -5.68. The first-order valence-corrected chi connectivity index (χ1v) is 4.35. The van der Waals surface area contributed by atoms with Crippen LogP contribution in [0.15, 0.2) is 34.9 Å². The molecule has 0 aliphatic heterocycles. The molecular formula is C11H11BrN2. The molecule has 0 spiro atoms. The molecule has 0 aliphatic rings. The quantitative estimate of drug-likeness (QED) is 0.771. The summed E-state index contributed by atoms with van der Waals surface area (Å²) in [4.78, 5) is 3.70. The Morgan fingerprint density at radius 1 is 1.36 bits per heavy atom. The molecule has 0 amide bonds. The van der Waals surface area contributed by atoms with E-state index in [1.54, 1.807) is 0 Å². The molecule has 2 nitrogen and oxygen atoms in total. The normalized spacial score (nSPS) is 23.6. The number of nitrogens with zero attached hydrogens (tertiary/aromatic N) is 2. The minimum Gasteiger partial charge on any atom is -0.303 e. The highest BCUT2D eigenvalue weighted by atomic mass is 79.9. The molecule has 0 fully saturated rings. The monoisotopic (exact) mass is 261 g/mol. The van der Waals surface area contributed by atoms with Crippen molar-refractivity contribution in [2.45, 2.75) is 13.7 Å². The van der Waals surface area contributed by atoms with E-state index < -0.39 is 61.1 Å². The number of rotatable bonds is 1. The van der Waals surface area contributed by atoms with E-state index in [9.17, 15) is 0 Å². The Labute approximate surface area is 107 Å². The predicted octanol–water partition coefficient (Wildman–Crippen LogP) is 3.25. The van der Waals surface area contributed by atoms with Crippen molar-refractivity contribution in [2.75, 3.05) is 0 Å². The van der Waals surface area contributed by atoms with Gasteiger partial charge in [-0.1, -0.05) is 17.6 Å². The minimum absolute atomic E-state index is 0.157. The summed E-state index contributed by atoms with van der Waals surface area (Å²) in [5, 5.41) is 0. The number of hydrogen-bond acceptors (Lipinski definition) is 1. The standard InChI is InChI=1S/C11H11BrN2/c1-8-3-5-10(6-4-8)14-7-11(12)13-9(14)2/h3-7H,1-2H3/i1D3,2D3,3D,4D,5D,6D,7D. The molecule has 3 heteroatoms. The van der Waals surface area contributed by atoms with Crippen LogP contribution < -0.4 is 0 Å². The van der Waals surface area contributed by atoms with E-state index in [0.717, 1.165) is 0 Å². The lowest BCUT2D eigenvalue weighted by molar-refractivity contribution is 0.974. The Morgan fingerprint density at radius 2 is 2.14 bits per heavy atom. The van der Waals surface area contributed by atoms with Gasteiger partial charge in [-0.3, -0.25) is 0 Å². The molecule has 0 radical (unpaired) electrons. The van der Waals surface area contributed by atoms with Crippen molar-refractivity contribution in [3.8, 4) is 5.69 Å². The number of imidazole rings is 1. The highest BCUT2D eigenvalue weighted by molar-refractivity contribution is 9.10. The first-order valence-electron chi connectivity index (χ1n) is 9.06. The molecule has 1 heterocycles. The summed E-state index contributed by atoms with van der Waals surface area (Å²) in [5.41, 5.74) is -1.32. The third kappa shape index (κ3) is 1.73. The summed E-state index contributed by atoms with van der Waals surface area (Å²) in [6, 6.07) is -3.18. The third-order valence-corrected chi connectivity index (χ3v) is 1.81. The molecule has 1 aromatic carbocycles. The molecule has 0 unspecified atom stereocenters. The van der Waals surface area contributed by atoms with E-state index in [-0.39, 0.29) is 4.60 Å². The van der Waals surface area contributed by atoms with Crippen LogP contribution in [-0.4, -0.2) is 9.55 Å². The molecule has 0 atom stereocenters. The summed E-state index contributed by atoms with van der Waals surface area (Å²) >= 11 is 2.91. The molecule has 0 saturated heterocycles. The van der Waals surface area contributed by atoms with Gasteiger partial charge < -0.3 is 4.57 Å². The fraction of sp³-hybridized carbons (Fsp3) is 0.182. The van der Waals surface area contributed by atoms with Crippen molar-refractivity contribution < 1.29 is 15.1 Å². The van der Waals surface area contributed by atoms with Gasteiger partial charge >= 0.3 is 0 Å². The van der Waals surface area contributed by atoms with E-state index >= 15 is 0 Å². The van der Waals surface area contributed by atoms with E-state index in [2.05, 4.69) is 20.9 Å². The van der Waals surface area contributed by atoms with Gasteiger partial charge in [-0.25, -0.2) is 4.98 Å². The van der Waals surface area contributed by atoms with E-state index in [4.69, 9.17) is 15.1 Å². The largest absolute Gasteiger partial charge is 0.303 e. The predicted molar refractivity (Wildman–Crippen MR) is 60.7 cm³/mol. The van der Waals surface area contributed by atoms with Crippen molar-refractivity contribution in [1.29, 1.82) is 0 Å². The maximum atomic E-state index is 8.03. The number of aryl methyl sites for hydroxylation is 1. The second-order valence-electron chi connectivity index (χ2n) is 2.40. The van der Waals surface area contributed by atoms with Gasteiger partial charge in [0.15, 0.2) is 0 Å². The molecule has 0 bridgehead atoms. The fourth-order valence-electron chi connectivity index (χ4n) is 0.893. The van der Waals surface area contributed by atoms with Crippen LogP contribution in [-0.2, 0) is 0 Å². The fourth-order valence-corrected chi connectivity index (χ4v) is 1.24. The average Bonchev–Trinajstić information content (AvgIpc) is 2.73. The SMILES string of the molecule is [2H]c1c([2H])c(C([2H])([2H])[2H])c([2H])c([2H])c1-n1c(C([2H])([2H])[2H])nc(Br)c1[2H]. The second kappa shape index (κ2) is 3.58. The Balaban J connectivity index is 2.98. The van der Waals surface area contributed by atoms with Crippen LogP contribution in [0.4, 0.5) is 0 Å². The number of benzene rings is 1. The molecule has 0 aliphatic carbocycles. The molecule has 2 rings (SSSR count). The van der Waals surface area contributed by atoms with Crippen molar-refractivity contribution in [2.24, 2.45) is 0 Å². The molecular weight excluding hydrogens is 240 g/mol. The molecule has 0 N–H and O–H groups in total. The molecule has 14 heavy (non-hydrogen) atoms. The maximum absolute atomic E-state index is 8.03. The molecule has 0 saturated carbocycles. The van der Waals surface area contributed by atoms with Crippen LogP contribution in [0.2, 0.25) is 0 Å². The average molecular weight is 262 g/mol. The summed E-state index contributed by atoms with van der Waals surface area (Å²) < 4.78 is 84.9. The van der Waals surface area contributed by atoms with Crippen LogP contribution in [0.1, 0.15) is 26.5 Å². The number of hydrogen-bond donors (Lipinski definition) is 0. The zero-order chi connectivity index (χ0) is 19.5. The summed E-state index contributed by atoms with van der Waals surface area (Å²) in [6.07, 6.45) is -0.492. The van der Waals surface area contributed by atoms with Gasteiger partial charge in [0.2, 0.25) is 0 Å². The minimum atomic E-state index is -2.88. The highest BCUT2D eigenvalue weighted by Crippen LogP contribution is 2.15.